The quantitative estimate of drug-likeness (QED) is 0.762. The predicted molar refractivity (Wildman–Crippen MR) is 106 cm³/mol. The smallest absolute Gasteiger partial charge is 0.251 e. The van der Waals surface area contributed by atoms with Gasteiger partial charge in [-0.1, -0.05) is 25.6 Å². The average molecular weight is 397 g/mol. The number of carbonyl (C=O) groups is 1. The van der Waals surface area contributed by atoms with Crippen molar-refractivity contribution in [2.45, 2.75) is 38.0 Å². The second-order valence-electron chi connectivity index (χ2n) is 6.61. The standard InChI is InChI=1S/C18H24N2O4S2/c1-4-12(5-2)17(21)19-18-20(13-6-8-14(24-3)9-7-13)15-10-26(22,23)11-16(15)25-18/h6-9,12,15-16H,4-5,10-11H2,1-3H3/t15-,16+/m0/s1. The van der Waals surface area contributed by atoms with Crippen LogP contribution >= 0.6 is 11.8 Å². The minimum atomic E-state index is -3.06. The van der Waals surface area contributed by atoms with Gasteiger partial charge in [0.25, 0.3) is 5.91 Å². The van der Waals surface area contributed by atoms with E-state index in [1.165, 1.54) is 11.8 Å². The van der Waals surface area contributed by atoms with Crippen molar-refractivity contribution in [3.05, 3.63) is 24.3 Å². The van der Waals surface area contributed by atoms with Crippen LogP contribution in [0.15, 0.2) is 29.3 Å². The first-order valence-corrected chi connectivity index (χ1v) is 11.5. The average Bonchev–Trinajstić information content (AvgIpc) is 3.07. The highest BCUT2D eigenvalue weighted by molar-refractivity contribution is 8.16. The molecule has 0 spiro atoms. The molecule has 2 atom stereocenters. The molecule has 142 valence electrons. The van der Waals surface area contributed by atoms with Crippen molar-refractivity contribution in [1.29, 1.82) is 0 Å². The van der Waals surface area contributed by atoms with Gasteiger partial charge in [0, 0.05) is 16.9 Å². The number of nitrogens with zero attached hydrogens (tertiary/aromatic N) is 2. The molecular formula is C18H24N2O4S2. The van der Waals surface area contributed by atoms with Crippen LogP contribution < -0.4 is 9.64 Å². The molecule has 6 nitrogen and oxygen atoms in total. The summed E-state index contributed by atoms with van der Waals surface area (Å²) in [5.41, 5.74) is 0.832. The Bertz CT molecular complexity index is 801. The second-order valence-corrected chi connectivity index (χ2v) is 9.97. The fourth-order valence-corrected chi connectivity index (χ4v) is 7.35. The van der Waals surface area contributed by atoms with Crippen LogP contribution in [0, 0.1) is 5.92 Å². The second kappa shape index (κ2) is 7.60. The molecule has 2 aliphatic rings. The predicted octanol–water partition coefficient (Wildman–Crippen LogP) is 2.73. The number of methoxy groups -OCH3 is 1. The first-order chi connectivity index (χ1) is 12.4. The van der Waals surface area contributed by atoms with Crippen LogP contribution in [0.1, 0.15) is 26.7 Å². The van der Waals surface area contributed by atoms with Crippen molar-refractivity contribution in [3.63, 3.8) is 0 Å². The first kappa shape index (κ1) is 19.2. The number of anilines is 1. The van der Waals surface area contributed by atoms with E-state index in [1.54, 1.807) is 7.11 Å². The number of rotatable bonds is 5. The molecule has 0 N–H and O–H groups in total. The summed E-state index contributed by atoms with van der Waals surface area (Å²) >= 11 is 1.41. The Hall–Kier alpha value is -1.54. The number of aliphatic imine (C=N–C) groups is 1. The summed E-state index contributed by atoms with van der Waals surface area (Å²) in [4.78, 5) is 18.8. The van der Waals surface area contributed by atoms with Gasteiger partial charge in [0.15, 0.2) is 15.0 Å². The number of thioether (sulfide) groups is 1. The van der Waals surface area contributed by atoms with Crippen molar-refractivity contribution < 1.29 is 17.9 Å². The largest absolute Gasteiger partial charge is 0.497 e. The molecule has 0 aliphatic carbocycles. The zero-order chi connectivity index (χ0) is 18.9. The van der Waals surface area contributed by atoms with Crippen molar-refractivity contribution in [2.75, 3.05) is 23.5 Å². The Balaban J connectivity index is 1.96. The van der Waals surface area contributed by atoms with E-state index in [-0.39, 0.29) is 34.6 Å². The third-order valence-corrected chi connectivity index (χ3v) is 8.17. The van der Waals surface area contributed by atoms with Gasteiger partial charge >= 0.3 is 0 Å². The summed E-state index contributed by atoms with van der Waals surface area (Å²) in [6.07, 6.45) is 1.50. The van der Waals surface area contributed by atoms with Gasteiger partial charge in [-0.05, 0) is 37.1 Å². The molecular weight excluding hydrogens is 372 g/mol. The van der Waals surface area contributed by atoms with Gasteiger partial charge in [-0.3, -0.25) is 4.79 Å². The zero-order valence-corrected chi connectivity index (χ0v) is 16.8. The molecule has 0 radical (unpaired) electrons. The van der Waals surface area contributed by atoms with E-state index in [9.17, 15) is 13.2 Å². The number of hydrogen-bond acceptors (Lipinski definition) is 5. The lowest BCUT2D eigenvalue weighted by atomic mass is 10.0. The highest BCUT2D eigenvalue weighted by Gasteiger charge is 2.49. The SMILES string of the molecule is CCC(CC)C(=O)N=C1S[C@@H]2CS(=O)(=O)C[C@@H]2N1c1ccc(OC)cc1. The maximum absolute atomic E-state index is 12.5. The molecule has 0 aromatic heterocycles. The van der Waals surface area contributed by atoms with Gasteiger partial charge in [-0.2, -0.15) is 4.99 Å². The van der Waals surface area contributed by atoms with Crippen molar-refractivity contribution in [1.82, 2.24) is 0 Å². The molecule has 0 saturated carbocycles. The highest BCUT2D eigenvalue weighted by Crippen LogP contribution is 2.41. The Morgan fingerprint density at radius 1 is 1.27 bits per heavy atom. The lowest BCUT2D eigenvalue weighted by molar-refractivity contribution is -0.121. The maximum Gasteiger partial charge on any atom is 0.251 e. The van der Waals surface area contributed by atoms with Gasteiger partial charge in [-0.25, -0.2) is 8.42 Å². The van der Waals surface area contributed by atoms with Crippen LogP contribution in [0.25, 0.3) is 0 Å². The van der Waals surface area contributed by atoms with Gasteiger partial charge in [0.2, 0.25) is 0 Å². The number of fused-ring (bicyclic) bond motifs is 1. The molecule has 0 unspecified atom stereocenters. The van der Waals surface area contributed by atoms with Crippen molar-refractivity contribution in [2.24, 2.45) is 10.9 Å². The number of benzene rings is 1. The number of amides is 1. The molecule has 1 amide bonds. The van der Waals surface area contributed by atoms with Crippen LogP contribution in [0.5, 0.6) is 5.75 Å². The first-order valence-electron chi connectivity index (χ1n) is 8.81. The summed E-state index contributed by atoms with van der Waals surface area (Å²) in [6.45, 7) is 3.97. The van der Waals surface area contributed by atoms with Crippen LogP contribution in [-0.4, -0.2) is 49.4 Å². The molecule has 26 heavy (non-hydrogen) atoms. The van der Waals surface area contributed by atoms with Crippen LogP contribution in [0.3, 0.4) is 0 Å². The van der Waals surface area contributed by atoms with E-state index in [2.05, 4.69) is 4.99 Å². The normalized spacial score (nSPS) is 25.7. The van der Waals surface area contributed by atoms with Crippen LogP contribution in [-0.2, 0) is 14.6 Å². The minimum absolute atomic E-state index is 0.0876. The third-order valence-electron chi connectivity index (χ3n) is 4.96. The fourth-order valence-electron chi connectivity index (χ4n) is 3.43. The molecule has 2 aliphatic heterocycles. The minimum Gasteiger partial charge on any atom is -0.497 e. The van der Waals surface area contributed by atoms with E-state index in [4.69, 9.17) is 4.74 Å². The van der Waals surface area contributed by atoms with Crippen LogP contribution in [0.4, 0.5) is 5.69 Å². The molecule has 2 heterocycles. The number of ether oxygens (including phenoxy) is 1. The summed E-state index contributed by atoms with van der Waals surface area (Å²) < 4.78 is 29.4. The number of amidine groups is 1. The van der Waals surface area contributed by atoms with Crippen molar-refractivity contribution >= 4 is 38.4 Å². The van der Waals surface area contributed by atoms with E-state index in [1.807, 2.05) is 43.0 Å². The van der Waals surface area contributed by atoms with E-state index >= 15 is 0 Å². The fraction of sp³-hybridized carbons (Fsp3) is 0.556. The molecule has 2 fully saturated rings. The van der Waals surface area contributed by atoms with Crippen LogP contribution in [0.2, 0.25) is 0 Å². The van der Waals surface area contributed by atoms with Gasteiger partial charge < -0.3 is 9.64 Å². The Morgan fingerprint density at radius 3 is 2.50 bits per heavy atom. The number of hydrogen-bond donors (Lipinski definition) is 0. The highest BCUT2D eigenvalue weighted by atomic mass is 32.2. The van der Waals surface area contributed by atoms with Crippen molar-refractivity contribution in [3.8, 4) is 5.75 Å². The number of carbonyl (C=O) groups excluding carboxylic acids is 1. The summed E-state index contributed by atoms with van der Waals surface area (Å²) in [7, 11) is -1.47. The molecule has 8 heteroatoms. The van der Waals surface area contributed by atoms with E-state index in [0.29, 0.717) is 5.17 Å². The van der Waals surface area contributed by atoms with Gasteiger partial charge in [-0.15, -0.1) is 0 Å². The summed E-state index contributed by atoms with van der Waals surface area (Å²) in [5.74, 6) is 0.730. The lowest BCUT2D eigenvalue weighted by Crippen LogP contribution is -2.37. The summed E-state index contributed by atoms with van der Waals surface area (Å²) in [5, 5.41) is 0.521. The molecule has 1 aromatic rings. The van der Waals surface area contributed by atoms with E-state index in [0.717, 1.165) is 24.3 Å². The maximum atomic E-state index is 12.5. The topological polar surface area (TPSA) is 76.0 Å². The summed E-state index contributed by atoms with van der Waals surface area (Å²) in [6, 6.07) is 7.23. The third kappa shape index (κ3) is 3.76. The molecule has 3 rings (SSSR count). The molecule has 1 aromatic carbocycles. The molecule has 0 bridgehead atoms. The van der Waals surface area contributed by atoms with E-state index < -0.39 is 9.84 Å². The Labute approximate surface area is 158 Å². The lowest BCUT2D eigenvalue weighted by Gasteiger charge is -2.25. The van der Waals surface area contributed by atoms with Gasteiger partial charge in [0.1, 0.15) is 5.75 Å². The monoisotopic (exact) mass is 396 g/mol. The zero-order valence-electron chi connectivity index (χ0n) is 15.2. The van der Waals surface area contributed by atoms with Gasteiger partial charge in [0.05, 0.1) is 24.7 Å². The Morgan fingerprint density at radius 2 is 1.92 bits per heavy atom. The Kier molecular flexibility index (Phi) is 5.62. The molecule has 2 saturated heterocycles. The number of sulfone groups is 1.